The van der Waals surface area contributed by atoms with Crippen LogP contribution in [0.25, 0.3) is 0 Å². The lowest BCUT2D eigenvalue weighted by Crippen LogP contribution is -2.03. The minimum atomic E-state index is 0.292. The minimum Gasteiger partial charge on any atom is -0.454 e. The number of para-hydroxylation sites is 1. The molecule has 1 N–H and O–H groups in total. The molecule has 5 nitrogen and oxygen atoms in total. The van der Waals surface area contributed by atoms with Crippen LogP contribution in [-0.4, -0.2) is 16.8 Å². The predicted molar refractivity (Wildman–Crippen MR) is 71.3 cm³/mol. The van der Waals surface area contributed by atoms with Crippen LogP contribution in [-0.2, 0) is 13.0 Å². The van der Waals surface area contributed by atoms with Gasteiger partial charge in [0, 0.05) is 23.9 Å². The molecule has 0 atom stereocenters. The fourth-order valence-corrected chi connectivity index (χ4v) is 2.00. The van der Waals surface area contributed by atoms with E-state index < -0.39 is 0 Å². The van der Waals surface area contributed by atoms with Gasteiger partial charge in [0.25, 0.3) is 0 Å². The molecule has 1 aliphatic rings. The van der Waals surface area contributed by atoms with E-state index >= 15 is 0 Å². The van der Waals surface area contributed by atoms with E-state index in [1.807, 2.05) is 24.3 Å². The Labute approximate surface area is 111 Å². The molecule has 0 aliphatic carbocycles. The molecule has 2 heterocycles. The van der Waals surface area contributed by atoms with Gasteiger partial charge in [-0.25, -0.2) is 9.97 Å². The second kappa shape index (κ2) is 5.14. The van der Waals surface area contributed by atoms with Gasteiger partial charge < -0.3 is 14.8 Å². The Kier molecular flexibility index (Phi) is 3.18. The second-order valence-electron chi connectivity index (χ2n) is 4.25. The molecule has 1 aliphatic heterocycles. The number of fused-ring (bicyclic) bond motifs is 1. The monoisotopic (exact) mass is 257 g/mol. The molecule has 0 saturated carbocycles. The second-order valence-corrected chi connectivity index (χ2v) is 4.25. The number of anilines is 1. The van der Waals surface area contributed by atoms with Gasteiger partial charge in [0.05, 0.1) is 0 Å². The number of hydrogen-bond donors (Lipinski definition) is 1. The quantitative estimate of drug-likeness (QED) is 0.911. The number of hydrogen-bond acceptors (Lipinski definition) is 5. The summed E-state index contributed by atoms with van der Waals surface area (Å²) in [6.45, 7) is 3.01. The van der Waals surface area contributed by atoms with E-state index in [9.17, 15) is 0 Å². The lowest BCUT2D eigenvalue weighted by atomic mass is 10.2. The van der Waals surface area contributed by atoms with Crippen LogP contribution < -0.4 is 14.8 Å². The van der Waals surface area contributed by atoms with Gasteiger partial charge in [0.2, 0.25) is 6.79 Å². The maximum Gasteiger partial charge on any atom is 0.231 e. The van der Waals surface area contributed by atoms with Crippen molar-refractivity contribution in [2.24, 2.45) is 0 Å². The van der Waals surface area contributed by atoms with Crippen molar-refractivity contribution in [1.29, 1.82) is 0 Å². The Morgan fingerprint density at radius 3 is 3.11 bits per heavy atom. The first-order valence-corrected chi connectivity index (χ1v) is 6.29. The molecule has 98 valence electrons. The highest BCUT2D eigenvalue weighted by atomic mass is 16.7. The van der Waals surface area contributed by atoms with E-state index in [-0.39, 0.29) is 0 Å². The summed E-state index contributed by atoms with van der Waals surface area (Å²) in [6.07, 6.45) is 2.48. The largest absolute Gasteiger partial charge is 0.454 e. The first-order valence-electron chi connectivity index (χ1n) is 6.29. The van der Waals surface area contributed by atoms with Crippen LogP contribution in [0.15, 0.2) is 30.6 Å². The lowest BCUT2D eigenvalue weighted by Gasteiger charge is -2.08. The number of benzene rings is 1. The van der Waals surface area contributed by atoms with Crippen LogP contribution in [0.5, 0.6) is 11.5 Å². The third-order valence-electron chi connectivity index (χ3n) is 3.02. The molecule has 0 fully saturated rings. The van der Waals surface area contributed by atoms with Gasteiger partial charge in [-0.2, -0.15) is 0 Å². The molecular formula is C14H15N3O2. The molecule has 2 aromatic rings. The number of ether oxygens (including phenoxy) is 2. The van der Waals surface area contributed by atoms with Gasteiger partial charge in [0.1, 0.15) is 12.1 Å². The zero-order valence-corrected chi connectivity index (χ0v) is 10.7. The highest BCUT2D eigenvalue weighted by Crippen LogP contribution is 2.35. The summed E-state index contributed by atoms with van der Waals surface area (Å²) in [6, 6.07) is 7.84. The van der Waals surface area contributed by atoms with Crippen molar-refractivity contribution in [2.45, 2.75) is 19.9 Å². The predicted octanol–water partition coefficient (Wildman–Crippen LogP) is 2.38. The fourth-order valence-electron chi connectivity index (χ4n) is 2.00. The van der Waals surface area contributed by atoms with Crippen LogP contribution in [0.4, 0.5) is 5.82 Å². The molecular weight excluding hydrogens is 242 g/mol. The Bertz CT molecular complexity index is 587. The highest BCUT2D eigenvalue weighted by Gasteiger charge is 2.16. The van der Waals surface area contributed by atoms with Crippen LogP contribution in [0, 0.1) is 0 Å². The third kappa shape index (κ3) is 2.45. The molecule has 0 unspecified atom stereocenters. The lowest BCUT2D eigenvalue weighted by molar-refractivity contribution is 0.173. The van der Waals surface area contributed by atoms with Gasteiger partial charge in [-0.05, 0) is 12.5 Å². The molecule has 1 aromatic heterocycles. The van der Waals surface area contributed by atoms with Gasteiger partial charge in [-0.1, -0.05) is 19.1 Å². The molecule has 0 saturated heterocycles. The van der Waals surface area contributed by atoms with E-state index in [4.69, 9.17) is 9.47 Å². The van der Waals surface area contributed by atoms with Crippen molar-refractivity contribution < 1.29 is 9.47 Å². The van der Waals surface area contributed by atoms with E-state index in [1.54, 1.807) is 6.33 Å². The first kappa shape index (κ1) is 11.8. The van der Waals surface area contributed by atoms with Crippen molar-refractivity contribution in [3.05, 3.63) is 41.9 Å². The smallest absolute Gasteiger partial charge is 0.231 e. The Balaban J connectivity index is 1.74. The normalized spacial score (nSPS) is 12.5. The Hall–Kier alpha value is -2.30. The number of aryl methyl sites for hydroxylation is 1. The fraction of sp³-hybridized carbons (Fsp3) is 0.286. The Morgan fingerprint density at radius 1 is 1.26 bits per heavy atom. The molecule has 0 amide bonds. The zero-order chi connectivity index (χ0) is 13.1. The van der Waals surface area contributed by atoms with Crippen LogP contribution >= 0.6 is 0 Å². The van der Waals surface area contributed by atoms with Gasteiger partial charge in [0.15, 0.2) is 11.5 Å². The highest BCUT2D eigenvalue weighted by molar-refractivity contribution is 5.49. The molecule has 3 rings (SSSR count). The van der Waals surface area contributed by atoms with Crippen LogP contribution in [0.1, 0.15) is 18.2 Å². The molecule has 19 heavy (non-hydrogen) atoms. The number of nitrogens with zero attached hydrogens (tertiary/aromatic N) is 2. The van der Waals surface area contributed by atoms with Crippen LogP contribution in [0.2, 0.25) is 0 Å². The maximum absolute atomic E-state index is 5.47. The average molecular weight is 257 g/mol. The molecule has 0 radical (unpaired) electrons. The summed E-state index contributed by atoms with van der Waals surface area (Å²) in [5.74, 6) is 2.44. The first-order chi connectivity index (χ1) is 9.36. The van der Waals surface area contributed by atoms with Gasteiger partial charge >= 0.3 is 0 Å². The summed E-state index contributed by atoms with van der Waals surface area (Å²) in [5, 5.41) is 3.28. The molecule has 0 bridgehead atoms. The summed E-state index contributed by atoms with van der Waals surface area (Å²) in [7, 11) is 0. The third-order valence-corrected chi connectivity index (χ3v) is 3.02. The van der Waals surface area contributed by atoms with Crippen LogP contribution in [0.3, 0.4) is 0 Å². The number of rotatable bonds is 4. The van der Waals surface area contributed by atoms with E-state index in [2.05, 4.69) is 22.2 Å². The van der Waals surface area contributed by atoms with Crippen molar-refractivity contribution in [3.8, 4) is 11.5 Å². The summed E-state index contributed by atoms with van der Waals surface area (Å²) in [5.41, 5.74) is 2.09. The summed E-state index contributed by atoms with van der Waals surface area (Å²) in [4.78, 5) is 8.38. The maximum atomic E-state index is 5.47. The van der Waals surface area contributed by atoms with Crippen molar-refractivity contribution in [2.75, 3.05) is 12.1 Å². The van der Waals surface area contributed by atoms with Gasteiger partial charge in [-0.3, -0.25) is 0 Å². The van der Waals surface area contributed by atoms with E-state index in [0.717, 1.165) is 35.0 Å². The topological polar surface area (TPSA) is 56.3 Å². The number of nitrogens with one attached hydrogen (secondary N) is 1. The molecule has 1 aromatic carbocycles. The zero-order valence-electron chi connectivity index (χ0n) is 10.7. The van der Waals surface area contributed by atoms with Crippen molar-refractivity contribution in [1.82, 2.24) is 9.97 Å². The molecule has 5 heteroatoms. The Morgan fingerprint density at radius 2 is 2.21 bits per heavy atom. The van der Waals surface area contributed by atoms with E-state index in [0.29, 0.717) is 13.3 Å². The minimum absolute atomic E-state index is 0.292. The van der Waals surface area contributed by atoms with Gasteiger partial charge in [-0.15, -0.1) is 0 Å². The van der Waals surface area contributed by atoms with Crippen molar-refractivity contribution in [3.63, 3.8) is 0 Å². The summed E-state index contributed by atoms with van der Waals surface area (Å²) < 4.78 is 10.8. The standard InChI is InChI=1S/C14H15N3O2/c1-2-11-6-13(17-8-16-11)15-7-10-4-3-5-12-14(10)19-9-18-12/h3-6,8H,2,7,9H2,1H3,(H,15,16,17). The SMILES string of the molecule is CCc1cc(NCc2cccc3c2OCO3)ncn1. The van der Waals surface area contributed by atoms with Crippen molar-refractivity contribution >= 4 is 5.82 Å². The summed E-state index contributed by atoms with van der Waals surface area (Å²) >= 11 is 0. The van der Waals surface area contributed by atoms with E-state index in [1.165, 1.54) is 0 Å². The number of aromatic nitrogens is 2. The molecule has 0 spiro atoms. The average Bonchev–Trinajstić information content (AvgIpc) is 2.94.